The molecule has 1 fully saturated rings. The quantitative estimate of drug-likeness (QED) is 0.777. The molecular weight excluding hydrogens is 268 g/mol. The highest BCUT2D eigenvalue weighted by molar-refractivity contribution is 9.10. The van der Waals surface area contributed by atoms with E-state index < -0.39 is 11.6 Å². The molecule has 1 aliphatic carbocycles. The van der Waals surface area contributed by atoms with Gasteiger partial charge in [0.25, 0.3) is 0 Å². The first kappa shape index (κ1) is 10.5. The molecule has 1 aromatic rings. The third-order valence-corrected chi connectivity index (χ3v) is 2.90. The predicted octanol–water partition coefficient (Wildman–Crippen LogP) is 2.85. The zero-order valence-corrected chi connectivity index (χ0v) is 9.30. The van der Waals surface area contributed by atoms with Gasteiger partial charge in [-0.3, -0.25) is 4.79 Å². The SMILES string of the molecule is O=CN(c1c(F)cc(F)cc1Br)C1CC1. The van der Waals surface area contributed by atoms with Gasteiger partial charge in [-0.15, -0.1) is 0 Å². The van der Waals surface area contributed by atoms with Crippen molar-refractivity contribution < 1.29 is 13.6 Å². The first-order valence-electron chi connectivity index (χ1n) is 4.51. The normalized spacial score (nSPS) is 15.1. The second-order valence-corrected chi connectivity index (χ2v) is 4.32. The lowest BCUT2D eigenvalue weighted by Crippen LogP contribution is -2.25. The lowest BCUT2D eigenvalue weighted by molar-refractivity contribution is -0.107. The maximum atomic E-state index is 13.5. The number of anilines is 1. The largest absolute Gasteiger partial charge is 0.308 e. The Morgan fingerprint density at radius 2 is 2.07 bits per heavy atom. The van der Waals surface area contributed by atoms with Crippen molar-refractivity contribution in [1.82, 2.24) is 0 Å². The summed E-state index contributed by atoms with van der Waals surface area (Å²) in [4.78, 5) is 12.1. The number of carbonyl (C=O) groups is 1. The van der Waals surface area contributed by atoms with E-state index in [1.807, 2.05) is 0 Å². The van der Waals surface area contributed by atoms with Crippen LogP contribution in [-0.2, 0) is 4.79 Å². The second-order valence-electron chi connectivity index (χ2n) is 3.46. The van der Waals surface area contributed by atoms with Gasteiger partial charge in [0.2, 0.25) is 6.41 Å². The number of amides is 1. The van der Waals surface area contributed by atoms with Crippen LogP contribution in [0.1, 0.15) is 12.8 Å². The van der Waals surface area contributed by atoms with Crippen LogP contribution < -0.4 is 4.90 Å². The lowest BCUT2D eigenvalue weighted by Gasteiger charge is -2.18. The smallest absolute Gasteiger partial charge is 0.214 e. The molecule has 0 heterocycles. The fourth-order valence-electron chi connectivity index (χ4n) is 1.46. The number of rotatable bonds is 3. The first-order chi connectivity index (χ1) is 7.13. The summed E-state index contributed by atoms with van der Waals surface area (Å²) >= 11 is 3.05. The number of hydrogen-bond donors (Lipinski definition) is 0. The summed E-state index contributed by atoms with van der Waals surface area (Å²) < 4.78 is 26.5. The van der Waals surface area contributed by atoms with Gasteiger partial charge in [-0.25, -0.2) is 8.78 Å². The molecule has 0 aromatic heterocycles. The summed E-state index contributed by atoms with van der Waals surface area (Å²) in [7, 11) is 0. The average Bonchev–Trinajstić information content (AvgIpc) is 2.94. The van der Waals surface area contributed by atoms with Gasteiger partial charge in [0, 0.05) is 16.6 Å². The van der Waals surface area contributed by atoms with Crippen molar-refractivity contribution in [3.05, 3.63) is 28.2 Å². The molecule has 0 radical (unpaired) electrons. The standard InChI is InChI=1S/C10H8BrF2NO/c11-8-3-6(12)4-9(13)10(8)14(5-15)7-1-2-7/h3-5,7H,1-2H2. The fourth-order valence-corrected chi connectivity index (χ4v) is 2.07. The highest BCUT2D eigenvalue weighted by Gasteiger charge is 2.32. The van der Waals surface area contributed by atoms with Crippen molar-refractivity contribution in [1.29, 1.82) is 0 Å². The summed E-state index contributed by atoms with van der Waals surface area (Å²) in [5.74, 6) is -1.38. The molecule has 0 aliphatic heterocycles. The van der Waals surface area contributed by atoms with Crippen LogP contribution in [-0.4, -0.2) is 12.5 Å². The van der Waals surface area contributed by atoms with Crippen LogP contribution in [0.3, 0.4) is 0 Å². The summed E-state index contributed by atoms with van der Waals surface area (Å²) in [6.07, 6.45) is 2.31. The van der Waals surface area contributed by atoms with Crippen LogP contribution in [0.2, 0.25) is 0 Å². The van der Waals surface area contributed by atoms with E-state index in [0.29, 0.717) is 6.41 Å². The number of benzene rings is 1. The van der Waals surface area contributed by atoms with Crippen molar-refractivity contribution in [3.8, 4) is 0 Å². The van der Waals surface area contributed by atoms with Gasteiger partial charge in [-0.05, 0) is 34.8 Å². The minimum absolute atomic E-state index is 0.0544. The number of carbonyl (C=O) groups excluding carboxylic acids is 1. The van der Waals surface area contributed by atoms with Crippen molar-refractivity contribution >= 4 is 28.0 Å². The molecule has 2 rings (SSSR count). The molecule has 1 saturated carbocycles. The molecular formula is C10H8BrF2NO. The van der Waals surface area contributed by atoms with Crippen LogP contribution in [0.5, 0.6) is 0 Å². The van der Waals surface area contributed by atoms with E-state index in [9.17, 15) is 13.6 Å². The maximum Gasteiger partial charge on any atom is 0.214 e. The summed E-state index contributed by atoms with van der Waals surface area (Å²) in [5.41, 5.74) is 0.119. The van der Waals surface area contributed by atoms with Crippen LogP contribution in [0, 0.1) is 11.6 Å². The van der Waals surface area contributed by atoms with Gasteiger partial charge in [-0.2, -0.15) is 0 Å². The predicted molar refractivity (Wildman–Crippen MR) is 55.6 cm³/mol. The molecule has 80 valence electrons. The van der Waals surface area contributed by atoms with Gasteiger partial charge >= 0.3 is 0 Å². The van der Waals surface area contributed by atoms with Crippen LogP contribution in [0.4, 0.5) is 14.5 Å². The number of halogens is 3. The molecule has 0 N–H and O–H groups in total. The van der Waals surface area contributed by atoms with Crippen molar-refractivity contribution in [3.63, 3.8) is 0 Å². The Hall–Kier alpha value is -0.970. The second kappa shape index (κ2) is 3.89. The zero-order chi connectivity index (χ0) is 11.0. The minimum Gasteiger partial charge on any atom is -0.308 e. The summed E-state index contributed by atoms with van der Waals surface area (Å²) in [6.45, 7) is 0. The van der Waals surface area contributed by atoms with Crippen LogP contribution in [0.25, 0.3) is 0 Å². The molecule has 1 aromatic carbocycles. The first-order valence-corrected chi connectivity index (χ1v) is 5.31. The summed E-state index contributed by atoms with van der Waals surface area (Å²) in [6, 6.07) is 1.98. The van der Waals surface area contributed by atoms with Gasteiger partial charge in [0.15, 0.2) is 5.82 Å². The fraction of sp³-hybridized carbons (Fsp3) is 0.300. The lowest BCUT2D eigenvalue weighted by atomic mass is 10.2. The number of nitrogens with zero attached hydrogens (tertiary/aromatic N) is 1. The van der Waals surface area contributed by atoms with E-state index in [-0.39, 0.29) is 16.2 Å². The highest BCUT2D eigenvalue weighted by Crippen LogP contribution is 2.36. The molecule has 1 amide bonds. The van der Waals surface area contributed by atoms with E-state index in [0.717, 1.165) is 25.0 Å². The molecule has 1 aliphatic rings. The highest BCUT2D eigenvalue weighted by atomic mass is 79.9. The van der Waals surface area contributed by atoms with E-state index >= 15 is 0 Å². The Morgan fingerprint density at radius 1 is 1.40 bits per heavy atom. The third kappa shape index (κ3) is 2.02. The Kier molecular flexibility index (Phi) is 2.73. The molecule has 15 heavy (non-hydrogen) atoms. The maximum absolute atomic E-state index is 13.5. The van der Waals surface area contributed by atoms with Crippen LogP contribution >= 0.6 is 15.9 Å². The van der Waals surface area contributed by atoms with Crippen molar-refractivity contribution in [2.45, 2.75) is 18.9 Å². The molecule has 2 nitrogen and oxygen atoms in total. The molecule has 0 bridgehead atoms. The molecule has 0 spiro atoms. The van der Waals surface area contributed by atoms with E-state index in [2.05, 4.69) is 15.9 Å². The Labute approximate surface area is 94.0 Å². The van der Waals surface area contributed by atoms with Gasteiger partial charge in [0.05, 0.1) is 5.69 Å². The Balaban J connectivity index is 2.45. The Bertz CT molecular complexity index is 383. The van der Waals surface area contributed by atoms with Crippen LogP contribution in [0.15, 0.2) is 16.6 Å². The van der Waals surface area contributed by atoms with Crippen molar-refractivity contribution in [2.75, 3.05) is 4.90 Å². The Morgan fingerprint density at radius 3 is 2.53 bits per heavy atom. The molecule has 0 unspecified atom stereocenters. The van der Waals surface area contributed by atoms with Gasteiger partial charge in [0.1, 0.15) is 5.82 Å². The average molecular weight is 276 g/mol. The zero-order valence-electron chi connectivity index (χ0n) is 7.71. The topological polar surface area (TPSA) is 20.3 Å². The van der Waals surface area contributed by atoms with E-state index in [1.54, 1.807) is 0 Å². The molecule has 0 atom stereocenters. The minimum atomic E-state index is -0.721. The summed E-state index contributed by atoms with van der Waals surface area (Å²) in [5, 5.41) is 0. The van der Waals surface area contributed by atoms with E-state index in [4.69, 9.17) is 0 Å². The van der Waals surface area contributed by atoms with Crippen molar-refractivity contribution in [2.24, 2.45) is 0 Å². The van der Waals surface area contributed by atoms with Gasteiger partial charge in [-0.1, -0.05) is 0 Å². The number of hydrogen-bond acceptors (Lipinski definition) is 1. The molecule has 0 saturated heterocycles. The van der Waals surface area contributed by atoms with Gasteiger partial charge < -0.3 is 4.90 Å². The third-order valence-electron chi connectivity index (χ3n) is 2.29. The van der Waals surface area contributed by atoms with E-state index in [1.165, 1.54) is 4.90 Å². The monoisotopic (exact) mass is 275 g/mol. The molecule has 5 heteroatoms.